The van der Waals surface area contributed by atoms with Crippen LogP contribution in [0.4, 0.5) is 0 Å². The van der Waals surface area contributed by atoms with Gasteiger partial charge in [0.25, 0.3) is 0 Å². The third kappa shape index (κ3) is 24.0. The summed E-state index contributed by atoms with van der Waals surface area (Å²) in [5.41, 5.74) is -2.78. The lowest BCUT2D eigenvalue weighted by Crippen LogP contribution is -2.43. The lowest BCUT2D eigenvalue weighted by Gasteiger charge is -2.30. The summed E-state index contributed by atoms with van der Waals surface area (Å²) in [7, 11) is 3.77. The highest BCUT2D eigenvalue weighted by Crippen LogP contribution is 2.08. The molecule has 0 saturated heterocycles. The summed E-state index contributed by atoms with van der Waals surface area (Å²) in [4.78, 5) is 3.83. The van der Waals surface area contributed by atoms with Crippen molar-refractivity contribution < 1.29 is 20.4 Å². The maximum atomic E-state index is 9.46. The van der Waals surface area contributed by atoms with Gasteiger partial charge in [-0.25, -0.2) is 0 Å². The van der Waals surface area contributed by atoms with E-state index in [4.69, 9.17) is 0 Å². The second-order valence-electron chi connectivity index (χ2n) is 9.59. The SMILES string of the molecule is CN(CC(C)(C)O)CC(C)(C)O.CN(CC(C)(C)O)CC(C)(C)O. The van der Waals surface area contributed by atoms with E-state index in [1.165, 1.54) is 0 Å². The Kier molecular flexibility index (Phi) is 10.2. The van der Waals surface area contributed by atoms with Gasteiger partial charge in [-0.3, -0.25) is 0 Å². The Balaban J connectivity index is 0. The van der Waals surface area contributed by atoms with E-state index in [-0.39, 0.29) is 0 Å². The van der Waals surface area contributed by atoms with Gasteiger partial charge in [-0.1, -0.05) is 0 Å². The predicted molar refractivity (Wildman–Crippen MR) is 100 cm³/mol. The molecule has 0 fully saturated rings. The first-order chi connectivity index (χ1) is 10.2. The first-order valence-corrected chi connectivity index (χ1v) is 8.47. The molecule has 6 nitrogen and oxygen atoms in total. The molecule has 0 rings (SSSR count). The van der Waals surface area contributed by atoms with Crippen molar-refractivity contribution in [1.82, 2.24) is 9.80 Å². The monoisotopic (exact) mass is 350 g/mol. The quantitative estimate of drug-likeness (QED) is 0.521. The molecule has 0 unspecified atom stereocenters. The summed E-state index contributed by atoms with van der Waals surface area (Å²) in [6, 6.07) is 0. The first kappa shape index (κ1) is 26.0. The van der Waals surface area contributed by atoms with Crippen molar-refractivity contribution >= 4 is 0 Å². The molecule has 0 bridgehead atoms. The van der Waals surface area contributed by atoms with Crippen LogP contribution < -0.4 is 0 Å². The van der Waals surface area contributed by atoms with Crippen molar-refractivity contribution in [2.45, 2.75) is 77.8 Å². The minimum absolute atomic E-state index is 0.566. The van der Waals surface area contributed by atoms with E-state index in [1.54, 1.807) is 55.4 Å². The number of nitrogens with zero attached hydrogens (tertiary/aromatic N) is 2. The van der Waals surface area contributed by atoms with Gasteiger partial charge in [0, 0.05) is 26.2 Å². The van der Waals surface area contributed by atoms with Crippen LogP contribution in [0.1, 0.15) is 55.4 Å². The van der Waals surface area contributed by atoms with E-state index >= 15 is 0 Å². The second-order valence-corrected chi connectivity index (χ2v) is 9.59. The smallest absolute Gasteiger partial charge is 0.0718 e. The molecule has 0 aliphatic rings. The Morgan fingerprint density at radius 3 is 0.667 bits per heavy atom. The fourth-order valence-corrected chi connectivity index (χ4v) is 2.75. The number of aliphatic hydroxyl groups is 4. The number of hydrogen-bond donors (Lipinski definition) is 4. The second kappa shape index (κ2) is 9.46. The topological polar surface area (TPSA) is 87.4 Å². The van der Waals surface area contributed by atoms with Gasteiger partial charge in [-0.05, 0) is 69.5 Å². The summed E-state index contributed by atoms with van der Waals surface area (Å²) in [6.45, 7) is 16.3. The van der Waals surface area contributed by atoms with Crippen LogP contribution in [0.3, 0.4) is 0 Å². The van der Waals surface area contributed by atoms with Gasteiger partial charge in [0.15, 0.2) is 0 Å². The summed E-state index contributed by atoms with van der Waals surface area (Å²) >= 11 is 0. The van der Waals surface area contributed by atoms with Crippen LogP contribution in [0.2, 0.25) is 0 Å². The fourth-order valence-electron chi connectivity index (χ4n) is 2.75. The van der Waals surface area contributed by atoms with Crippen LogP contribution >= 0.6 is 0 Å². The average Bonchev–Trinajstić information content (AvgIpc) is 2.02. The molecule has 4 N–H and O–H groups in total. The van der Waals surface area contributed by atoms with Gasteiger partial charge in [0.1, 0.15) is 0 Å². The van der Waals surface area contributed by atoms with E-state index in [2.05, 4.69) is 0 Å². The molecule has 6 heteroatoms. The first-order valence-electron chi connectivity index (χ1n) is 8.47. The Bertz CT molecular complexity index is 267. The molecule has 0 saturated carbocycles. The van der Waals surface area contributed by atoms with Gasteiger partial charge in [-0.2, -0.15) is 0 Å². The molecule has 0 aromatic heterocycles. The van der Waals surface area contributed by atoms with Crippen LogP contribution in [-0.2, 0) is 0 Å². The molecular weight excluding hydrogens is 308 g/mol. The van der Waals surface area contributed by atoms with Crippen LogP contribution in [0.15, 0.2) is 0 Å². The van der Waals surface area contributed by atoms with Crippen LogP contribution in [0.25, 0.3) is 0 Å². The van der Waals surface area contributed by atoms with E-state index in [0.717, 1.165) is 0 Å². The molecule has 24 heavy (non-hydrogen) atoms. The highest BCUT2D eigenvalue weighted by atomic mass is 16.3. The zero-order valence-electron chi connectivity index (χ0n) is 17.5. The lowest BCUT2D eigenvalue weighted by molar-refractivity contribution is 0.00156. The van der Waals surface area contributed by atoms with Crippen molar-refractivity contribution in [1.29, 1.82) is 0 Å². The van der Waals surface area contributed by atoms with Crippen LogP contribution in [-0.4, -0.2) is 92.9 Å². The summed E-state index contributed by atoms with van der Waals surface area (Å²) < 4.78 is 0. The van der Waals surface area contributed by atoms with Gasteiger partial charge >= 0.3 is 0 Å². The largest absolute Gasteiger partial charge is 0.389 e. The van der Waals surface area contributed by atoms with Gasteiger partial charge in [-0.15, -0.1) is 0 Å². The van der Waals surface area contributed by atoms with E-state index in [1.807, 2.05) is 23.9 Å². The zero-order chi connectivity index (χ0) is 20.0. The summed E-state index contributed by atoms with van der Waals surface area (Å²) in [5, 5.41) is 37.8. The van der Waals surface area contributed by atoms with Crippen molar-refractivity contribution in [3.05, 3.63) is 0 Å². The van der Waals surface area contributed by atoms with E-state index in [9.17, 15) is 20.4 Å². The number of hydrogen-bond acceptors (Lipinski definition) is 6. The minimum atomic E-state index is -0.694. The molecule has 0 amide bonds. The predicted octanol–water partition coefficient (Wildman–Crippen LogP) is 0.920. The van der Waals surface area contributed by atoms with Crippen LogP contribution in [0, 0.1) is 0 Å². The average molecular weight is 351 g/mol. The van der Waals surface area contributed by atoms with E-state index < -0.39 is 22.4 Å². The third-order valence-electron chi connectivity index (χ3n) is 2.63. The van der Waals surface area contributed by atoms with Gasteiger partial charge in [0.2, 0.25) is 0 Å². The number of likely N-dealkylation sites (N-methyl/N-ethyl adjacent to an activating group) is 2. The fraction of sp³-hybridized carbons (Fsp3) is 1.00. The van der Waals surface area contributed by atoms with Crippen molar-refractivity contribution in [3.8, 4) is 0 Å². The highest BCUT2D eigenvalue weighted by molar-refractivity contribution is 4.76. The molecule has 0 aliphatic heterocycles. The Morgan fingerprint density at radius 2 is 0.583 bits per heavy atom. The maximum absolute atomic E-state index is 9.46. The summed E-state index contributed by atoms with van der Waals surface area (Å²) in [5.74, 6) is 0. The standard InChI is InChI=1S/2C9H21NO2/c2*1-8(2,11)6-10(5)7-9(3,4)12/h2*11-12H,6-7H2,1-5H3. The third-order valence-corrected chi connectivity index (χ3v) is 2.63. The summed E-state index contributed by atoms with van der Waals surface area (Å²) in [6.07, 6.45) is 0. The molecule has 0 radical (unpaired) electrons. The molecular formula is C18H42N2O4. The molecule has 0 aliphatic carbocycles. The molecule has 0 aromatic carbocycles. The highest BCUT2D eigenvalue weighted by Gasteiger charge is 2.21. The lowest BCUT2D eigenvalue weighted by atomic mass is 10.1. The zero-order valence-corrected chi connectivity index (χ0v) is 17.5. The minimum Gasteiger partial charge on any atom is -0.389 e. The normalized spacial score (nSPS) is 14.0. The molecule has 0 aromatic rings. The Hall–Kier alpha value is -0.240. The van der Waals surface area contributed by atoms with E-state index in [0.29, 0.717) is 26.2 Å². The number of rotatable bonds is 8. The van der Waals surface area contributed by atoms with Crippen LogP contribution in [0.5, 0.6) is 0 Å². The molecule has 0 spiro atoms. The Labute approximate surface area is 149 Å². The molecule has 148 valence electrons. The van der Waals surface area contributed by atoms with Crippen molar-refractivity contribution in [3.63, 3.8) is 0 Å². The Morgan fingerprint density at radius 1 is 0.458 bits per heavy atom. The maximum Gasteiger partial charge on any atom is 0.0718 e. The van der Waals surface area contributed by atoms with Crippen molar-refractivity contribution in [2.75, 3.05) is 40.3 Å². The molecule has 0 atom stereocenters. The molecule has 0 heterocycles. The van der Waals surface area contributed by atoms with Gasteiger partial charge in [0.05, 0.1) is 22.4 Å². The van der Waals surface area contributed by atoms with Crippen molar-refractivity contribution in [2.24, 2.45) is 0 Å². The van der Waals surface area contributed by atoms with Gasteiger partial charge < -0.3 is 30.2 Å².